The minimum atomic E-state index is 1.15. The quantitative estimate of drug-likeness (QED) is 0.519. The van der Waals surface area contributed by atoms with Crippen molar-refractivity contribution >= 4 is 11.8 Å². The van der Waals surface area contributed by atoms with Crippen LogP contribution in [0.3, 0.4) is 0 Å². The molecule has 0 radical (unpaired) electrons. The van der Waals surface area contributed by atoms with Gasteiger partial charge in [0.15, 0.2) is 0 Å². The average Bonchev–Trinajstić information content (AvgIpc) is 1.89. The zero-order valence-corrected chi connectivity index (χ0v) is 7.33. The fraction of sp³-hybridized carbons (Fsp3) is 1.00. The highest BCUT2D eigenvalue weighted by atomic mass is 32.2. The second-order valence-electron chi connectivity index (χ2n) is 3.64. The van der Waals surface area contributed by atoms with Gasteiger partial charge in [-0.25, -0.2) is 0 Å². The molecule has 1 saturated carbocycles. The van der Waals surface area contributed by atoms with Crippen molar-refractivity contribution in [2.75, 3.05) is 11.5 Å². The van der Waals surface area contributed by atoms with Gasteiger partial charge in [0, 0.05) is 0 Å². The molecule has 2 unspecified atom stereocenters. The van der Waals surface area contributed by atoms with Gasteiger partial charge in [-0.15, -0.1) is 0 Å². The first-order valence-corrected chi connectivity index (χ1v) is 5.70. The Hall–Kier alpha value is 0.350. The summed E-state index contributed by atoms with van der Waals surface area (Å²) in [6, 6.07) is 0. The van der Waals surface area contributed by atoms with E-state index in [4.69, 9.17) is 0 Å². The van der Waals surface area contributed by atoms with Crippen LogP contribution in [-0.4, -0.2) is 11.5 Å². The van der Waals surface area contributed by atoms with E-state index in [9.17, 15) is 0 Å². The van der Waals surface area contributed by atoms with E-state index in [1.165, 1.54) is 30.8 Å². The van der Waals surface area contributed by atoms with Crippen molar-refractivity contribution in [3.05, 3.63) is 0 Å². The molecule has 58 valence electrons. The molecule has 1 heterocycles. The number of thioether (sulfide) groups is 1. The molecule has 0 spiro atoms. The summed E-state index contributed by atoms with van der Waals surface area (Å²) in [4.78, 5) is 0. The van der Waals surface area contributed by atoms with Crippen LogP contribution in [0.1, 0.15) is 32.1 Å². The van der Waals surface area contributed by atoms with Crippen molar-refractivity contribution < 1.29 is 0 Å². The molecule has 10 heavy (non-hydrogen) atoms. The Labute approximate surface area is 67.8 Å². The zero-order chi connectivity index (χ0) is 6.81. The van der Waals surface area contributed by atoms with Crippen molar-refractivity contribution in [1.82, 2.24) is 0 Å². The van der Waals surface area contributed by atoms with Gasteiger partial charge in [0.1, 0.15) is 0 Å². The second kappa shape index (κ2) is 3.17. The Morgan fingerprint density at radius 2 is 1.60 bits per heavy atom. The van der Waals surface area contributed by atoms with E-state index in [2.05, 4.69) is 11.8 Å². The maximum Gasteiger partial charge on any atom is -0.00648 e. The van der Waals surface area contributed by atoms with Gasteiger partial charge in [0.05, 0.1) is 0 Å². The molecular formula is C9H16S. The topological polar surface area (TPSA) is 0 Å². The molecule has 0 N–H and O–H groups in total. The van der Waals surface area contributed by atoms with Crippen LogP contribution in [0.5, 0.6) is 0 Å². The summed E-state index contributed by atoms with van der Waals surface area (Å²) in [5.74, 6) is 5.18. The van der Waals surface area contributed by atoms with Crippen LogP contribution >= 0.6 is 11.8 Å². The summed E-state index contributed by atoms with van der Waals surface area (Å²) in [7, 11) is 0. The highest BCUT2D eigenvalue weighted by molar-refractivity contribution is 7.99. The van der Waals surface area contributed by atoms with Crippen LogP contribution in [0.25, 0.3) is 0 Å². The lowest BCUT2D eigenvalue weighted by molar-refractivity contribution is 0.158. The Morgan fingerprint density at radius 1 is 0.800 bits per heavy atom. The van der Waals surface area contributed by atoms with Gasteiger partial charge < -0.3 is 0 Å². The molecule has 0 bridgehead atoms. The van der Waals surface area contributed by atoms with Crippen molar-refractivity contribution in [2.45, 2.75) is 32.1 Å². The minimum Gasteiger partial charge on any atom is -0.162 e. The lowest BCUT2D eigenvalue weighted by atomic mass is 9.70. The van der Waals surface area contributed by atoms with Gasteiger partial charge in [-0.1, -0.05) is 0 Å². The van der Waals surface area contributed by atoms with Crippen molar-refractivity contribution in [3.8, 4) is 0 Å². The number of rotatable bonds is 0. The third-order valence-corrected chi connectivity index (χ3v) is 4.17. The largest absolute Gasteiger partial charge is 0.162 e. The SMILES string of the molecule is C1CSCCC2CCC2C1. The maximum atomic E-state index is 2.17. The molecule has 1 saturated heterocycles. The minimum absolute atomic E-state index is 1.15. The van der Waals surface area contributed by atoms with Gasteiger partial charge >= 0.3 is 0 Å². The highest BCUT2D eigenvalue weighted by Crippen LogP contribution is 2.41. The first kappa shape index (κ1) is 7.02. The van der Waals surface area contributed by atoms with Crippen molar-refractivity contribution in [1.29, 1.82) is 0 Å². The molecule has 0 aromatic heterocycles. The van der Waals surface area contributed by atoms with E-state index in [1.807, 2.05) is 0 Å². The van der Waals surface area contributed by atoms with Gasteiger partial charge in [0.2, 0.25) is 0 Å². The molecule has 1 aliphatic heterocycles. The molecule has 0 aromatic rings. The van der Waals surface area contributed by atoms with Gasteiger partial charge in [-0.05, 0) is 55.4 Å². The Bertz CT molecular complexity index is 97.3. The third-order valence-electron chi connectivity index (χ3n) is 3.07. The normalized spacial score (nSPS) is 40.8. The second-order valence-corrected chi connectivity index (χ2v) is 4.87. The van der Waals surface area contributed by atoms with E-state index in [0.29, 0.717) is 0 Å². The molecule has 0 nitrogen and oxygen atoms in total. The van der Waals surface area contributed by atoms with Crippen molar-refractivity contribution in [2.24, 2.45) is 11.8 Å². The summed E-state index contributed by atoms with van der Waals surface area (Å²) < 4.78 is 0. The van der Waals surface area contributed by atoms with Gasteiger partial charge in [-0.2, -0.15) is 11.8 Å². The molecular weight excluding hydrogens is 140 g/mol. The standard InChI is InChI=1S/C9H16S/c1-2-8-3-4-9(8)5-7-10-6-1/h8-9H,1-7H2. The molecule has 2 rings (SSSR count). The van der Waals surface area contributed by atoms with Crippen LogP contribution < -0.4 is 0 Å². The predicted octanol–water partition coefficient (Wildman–Crippen LogP) is 2.93. The third kappa shape index (κ3) is 1.34. The van der Waals surface area contributed by atoms with Crippen LogP contribution in [0.4, 0.5) is 0 Å². The van der Waals surface area contributed by atoms with Crippen molar-refractivity contribution in [3.63, 3.8) is 0 Å². The smallest absolute Gasteiger partial charge is 0.00648 e. The van der Waals surface area contributed by atoms with E-state index in [0.717, 1.165) is 11.8 Å². The molecule has 2 atom stereocenters. The summed E-state index contributed by atoms with van der Waals surface area (Å²) in [5, 5.41) is 0. The van der Waals surface area contributed by atoms with Crippen LogP contribution in [0, 0.1) is 11.8 Å². The monoisotopic (exact) mass is 156 g/mol. The predicted molar refractivity (Wildman–Crippen MR) is 47.4 cm³/mol. The van der Waals surface area contributed by atoms with Crippen LogP contribution in [0.2, 0.25) is 0 Å². The summed E-state index contributed by atoms with van der Waals surface area (Å²) in [6.45, 7) is 0. The summed E-state index contributed by atoms with van der Waals surface area (Å²) in [6.07, 6.45) is 7.65. The lowest BCUT2D eigenvalue weighted by Crippen LogP contribution is -2.27. The van der Waals surface area contributed by atoms with Gasteiger partial charge in [-0.3, -0.25) is 0 Å². The van der Waals surface area contributed by atoms with E-state index < -0.39 is 0 Å². The average molecular weight is 156 g/mol. The number of fused-ring (bicyclic) bond motifs is 1. The van der Waals surface area contributed by atoms with Crippen LogP contribution in [-0.2, 0) is 0 Å². The Morgan fingerprint density at radius 3 is 2.40 bits per heavy atom. The first-order chi connectivity index (χ1) is 4.97. The number of hydrogen-bond donors (Lipinski definition) is 0. The Balaban J connectivity index is 1.83. The molecule has 2 aliphatic rings. The molecule has 1 aliphatic carbocycles. The van der Waals surface area contributed by atoms with E-state index in [1.54, 1.807) is 12.8 Å². The number of hydrogen-bond acceptors (Lipinski definition) is 1. The zero-order valence-electron chi connectivity index (χ0n) is 6.51. The lowest BCUT2D eigenvalue weighted by Gasteiger charge is -2.38. The van der Waals surface area contributed by atoms with Crippen LogP contribution in [0.15, 0.2) is 0 Å². The maximum absolute atomic E-state index is 2.17. The molecule has 1 heteroatoms. The molecule has 0 aromatic carbocycles. The fourth-order valence-electron chi connectivity index (χ4n) is 2.18. The first-order valence-electron chi connectivity index (χ1n) is 4.54. The van der Waals surface area contributed by atoms with E-state index >= 15 is 0 Å². The Kier molecular flexibility index (Phi) is 2.22. The molecule has 2 fully saturated rings. The molecule has 0 amide bonds. The fourth-order valence-corrected chi connectivity index (χ4v) is 3.23. The highest BCUT2D eigenvalue weighted by Gasteiger charge is 2.30. The summed E-state index contributed by atoms with van der Waals surface area (Å²) >= 11 is 2.17. The van der Waals surface area contributed by atoms with Gasteiger partial charge in [0.25, 0.3) is 0 Å². The summed E-state index contributed by atoms with van der Waals surface area (Å²) in [5.41, 5.74) is 0. The van der Waals surface area contributed by atoms with E-state index in [-0.39, 0.29) is 0 Å².